The van der Waals surface area contributed by atoms with E-state index in [1.165, 1.54) is 16.4 Å². The summed E-state index contributed by atoms with van der Waals surface area (Å²) < 4.78 is 26.0. The van der Waals surface area contributed by atoms with Crippen LogP contribution in [0.2, 0.25) is 0 Å². The number of aliphatic carboxylic acids is 1. The number of hydrogen-bond acceptors (Lipinski definition) is 4. The second kappa shape index (κ2) is 4.79. The molecule has 0 amide bonds. The molecular formula is C14H17NO5S. The minimum atomic E-state index is -3.61. The van der Waals surface area contributed by atoms with Gasteiger partial charge < -0.3 is 10.2 Å². The number of carboxylic acid groups (broad SMARTS) is 1. The monoisotopic (exact) mass is 311 g/mol. The van der Waals surface area contributed by atoms with Crippen molar-refractivity contribution in [2.75, 3.05) is 13.1 Å². The van der Waals surface area contributed by atoms with E-state index in [1.54, 1.807) is 12.1 Å². The average molecular weight is 311 g/mol. The van der Waals surface area contributed by atoms with Gasteiger partial charge in [0, 0.05) is 13.1 Å². The zero-order valence-electron chi connectivity index (χ0n) is 11.4. The van der Waals surface area contributed by atoms with Crippen LogP contribution in [0.15, 0.2) is 29.2 Å². The molecule has 0 radical (unpaired) electrons. The molecule has 0 aromatic heterocycles. The van der Waals surface area contributed by atoms with Crippen LogP contribution in [0.25, 0.3) is 0 Å². The van der Waals surface area contributed by atoms with Gasteiger partial charge in [-0.1, -0.05) is 12.1 Å². The van der Waals surface area contributed by atoms with Gasteiger partial charge in [-0.15, -0.1) is 0 Å². The van der Waals surface area contributed by atoms with Crippen molar-refractivity contribution in [3.05, 3.63) is 29.8 Å². The molecule has 1 aliphatic heterocycles. The zero-order chi connectivity index (χ0) is 15.3. The Morgan fingerprint density at radius 3 is 2.29 bits per heavy atom. The molecule has 7 heteroatoms. The molecule has 1 saturated carbocycles. The molecule has 2 aliphatic rings. The minimum absolute atomic E-state index is 0.114. The summed E-state index contributed by atoms with van der Waals surface area (Å²) in [7, 11) is -3.61. The van der Waals surface area contributed by atoms with Crippen LogP contribution in [0, 0.1) is 0 Å². The Hall–Kier alpha value is -1.44. The van der Waals surface area contributed by atoms with Gasteiger partial charge in [0.25, 0.3) is 0 Å². The van der Waals surface area contributed by atoms with Crippen LogP contribution in [0.5, 0.6) is 0 Å². The third kappa shape index (κ3) is 2.35. The van der Waals surface area contributed by atoms with Gasteiger partial charge in [-0.05, 0) is 37.0 Å². The molecule has 114 valence electrons. The van der Waals surface area contributed by atoms with Crippen molar-refractivity contribution in [2.45, 2.75) is 35.7 Å². The highest BCUT2D eigenvalue weighted by atomic mass is 32.2. The lowest BCUT2D eigenvalue weighted by molar-refractivity contribution is -0.140. The largest absolute Gasteiger partial charge is 0.481 e. The highest BCUT2D eigenvalue weighted by Gasteiger charge is 2.51. The molecule has 1 saturated heterocycles. The summed E-state index contributed by atoms with van der Waals surface area (Å²) in [6.07, 6.45) is 1.01. The Balaban J connectivity index is 1.86. The minimum Gasteiger partial charge on any atom is -0.481 e. The molecule has 0 spiro atoms. The fourth-order valence-electron chi connectivity index (χ4n) is 2.77. The number of rotatable bonds is 4. The fraction of sp³-hybridized carbons (Fsp3) is 0.500. The lowest BCUT2D eigenvalue weighted by Gasteiger charge is -2.16. The Labute approximate surface area is 123 Å². The number of aliphatic hydroxyl groups excluding tert-OH is 1. The first kappa shape index (κ1) is 14.5. The summed E-state index contributed by atoms with van der Waals surface area (Å²) in [5.74, 6) is -0.860. The first-order valence-electron chi connectivity index (χ1n) is 6.88. The van der Waals surface area contributed by atoms with Gasteiger partial charge in [-0.25, -0.2) is 8.42 Å². The molecule has 2 fully saturated rings. The maximum atomic E-state index is 12.4. The fourth-order valence-corrected chi connectivity index (χ4v) is 4.27. The predicted octanol–water partition coefficient (Wildman–Crippen LogP) is 0.558. The molecule has 0 bridgehead atoms. The lowest BCUT2D eigenvalue weighted by Crippen LogP contribution is -2.29. The molecule has 6 nitrogen and oxygen atoms in total. The van der Waals surface area contributed by atoms with E-state index in [0.717, 1.165) is 0 Å². The van der Waals surface area contributed by atoms with Crippen molar-refractivity contribution in [1.82, 2.24) is 4.31 Å². The third-order valence-corrected chi connectivity index (χ3v) is 6.21. The summed E-state index contributed by atoms with van der Waals surface area (Å²) in [5, 5.41) is 18.7. The van der Waals surface area contributed by atoms with Gasteiger partial charge in [0.1, 0.15) is 0 Å². The van der Waals surface area contributed by atoms with Gasteiger partial charge in [0.2, 0.25) is 10.0 Å². The van der Waals surface area contributed by atoms with Crippen molar-refractivity contribution >= 4 is 16.0 Å². The van der Waals surface area contributed by atoms with Gasteiger partial charge in [0.05, 0.1) is 16.4 Å². The molecule has 1 heterocycles. The summed E-state index contributed by atoms with van der Waals surface area (Å²) in [5.41, 5.74) is -0.179. The number of hydrogen-bond donors (Lipinski definition) is 2. The molecule has 1 atom stereocenters. The molecule has 0 unspecified atom stereocenters. The van der Waals surface area contributed by atoms with Crippen LogP contribution in [0.4, 0.5) is 0 Å². The summed E-state index contributed by atoms with van der Waals surface area (Å²) in [6, 6.07) is 6.08. The van der Waals surface area contributed by atoms with E-state index in [2.05, 4.69) is 0 Å². The van der Waals surface area contributed by atoms with Crippen molar-refractivity contribution < 1.29 is 23.4 Å². The van der Waals surface area contributed by atoms with Crippen molar-refractivity contribution in [2.24, 2.45) is 0 Å². The van der Waals surface area contributed by atoms with Crippen molar-refractivity contribution in [3.8, 4) is 0 Å². The number of benzene rings is 1. The second-order valence-corrected chi connectivity index (χ2v) is 7.66. The van der Waals surface area contributed by atoms with Gasteiger partial charge in [0.15, 0.2) is 0 Å². The number of carbonyl (C=O) groups is 1. The zero-order valence-corrected chi connectivity index (χ0v) is 12.2. The predicted molar refractivity (Wildman–Crippen MR) is 74.4 cm³/mol. The number of sulfonamides is 1. The van der Waals surface area contributed by atoms with Crippen LogP contribution in [0.3, 0.4) is 0 Å². The van der Waals surface area contributed by atoms with Crippen LogP contribution in [-0.2, 0) is 20.2 Å². The SMILES string of the molecule is O=C(O)C1(c2ccc(S(=O)(=O)N3CC[C@H](O)C3)cc2)CC1. The smallest absolute Gasteiger partial charge is 0.314 e. The maximum absolute atomic E-state index is 12.4. The highest BCUT2D eigenvalue weighted by molar-refractivity contribution is 7.89. The van der Waals surface area contributed by atoms with Gasteiger partial charge in [-0.3, -0.25) is 4.79 Å². The molecular weight excluding hydrogens is 294 g/mol. The average Bonchev–Trinajstić information content (AvgIpc) is 3.15. The molecule has 1 aromatic carbocycles. The van der Waals surface area contributed by atoms with E-state index in [0.29, 0.717) is 31.4 Å². The highest BCUT2D eigenvalue weighted by Crippen LogP contribution is 2.48. The number of carboxylic acids is 1. The second-order valence-electron chi connectivity index (χ2n) is 5.72. The topological polar surface area (TPSA) is 94.9 Å². The Morgan fingerprint density at radius 1 is 1.24 bits per heavy atom. The molecule has 21 heavy (non-hydrogen) atoms. The molecule has 3 rings (SSSR count). The van der Waals surface area contributed by atoms with E-state index >= 15 is 0 Å². The summed E-state index contributed by atoms with van der Waals surface area (Å²) in [4.78, 5) is 11.4. The van der Waals surface area contributed by atoms with Crippen molar-refractivity contribution in [1.29, 1.82) is 0 Å². The van der Waals surface area contributed by atoms with E-state index in [9.17, 15) is 23.4 Å². The maximum Gasteiger partial charge on any atom is 0.314 e. The van der Waals surface area contributed by atoms with Crippen LogP contribution >= 0.6 is 0 Å². The molecule has 1 aliphatic carbocycles. The van der Waals surface area contributed by atoms with Gasteiger partial charge >= 0.3 is 5.97 Å². The first-order valence-corrected chi connectivity index (χ1v) is 8.32. The number of β-amino-alcohol motifs (C(OH)–C–C–N with tert-alkyl or cyclic N) is 1. The van der Waals surface area contributed by atoms with Crippen LogP contribution in [-0.4, -0.2) is 48.1 Å². The number of aliphatic hydroxyl groups is 1. The van der Waals surface area contributed by atoms with Crippen LogP contribution in [0.1, 0.15) is 24.8 Å². The van der Waals surface area contributed by atoms with Crippen molar-refractivity contribution in [3.63, 3.8) is 0 Å². The summed E-state index contributed by atoms with van der Waals surface area (Å²) in [6.45, 7) is 0.424. The lowest BCUT2D eigenvalue weighted by atomic mass is 9.96. The van der Waals surface area contributed by atoms with Gasteiger partial charge in [-0.2, -0.15) is 4.31 Å². The summed E-state index contributed by atoms with van der Waals surface area (Å²) >= 11 is 0. The third-order valence-electron chi connectivity index (χ3n) is 4.33. The Morgan fingerprint density at radius 2 is 1.86 bits per heavy atom. The van der Waals surface area contributed by atoms with E-state index in [-0.39, 0.29) is 11.4 Å². The normalized spacial score (nSPS) is 24.9. The Kier molecular flexibility index (Phi) is 3.31. The van der Waals surface area contributed by atoms with E-state index in [1.807, 2.05) is 0 Å². The standard InChI is InChI=1S/C14H17NO5S/c16-11-5-8-15(9-11)21(19,20)12-3-1-10(2-4-12)14(6-7-14)13(17)18/h1-4,11,16H,5-9H2,(H,17,18)/t11-/m0/s1. The molecule has 1 aromatic rings. The first-order chi connectivity index (χ1) is 9.86. The van der Waals surface area contributed by atoms with E-state index < -0.39 is 27.5 Å². The Bertz CT molecular complexity index is 663. The van der Waals surface area contributed by atoms with E-state index in [4.69, 9.17) is 0 Å². The van der Waals surface area contributed by atoms with Crippen LogP contribution < -0.4 is 0 Å². The molecule has 2 N–H and O–H groups in total. The quantitative estimate of drug-likeness (QED) is 0.847. The number of nitrogens with zero attached hydrogens (tertiary/aromatic N) is 1.